The Kier molecular flexibility index (Phi) is 9.48. The molecule has 1 aliphatic rings. The third-order valence-corrected chi connectivity index (χ3v) is 15.9. The van der Waals surface area contributed by atoms with Crippen LogP contribution >= 0.6 is 54.9 Å². The summed E-state index contributed by atoms with van der Waals surface area (Å²) < 4.78 is 48.5. The molecule has 6 N–H and O–H groups in total. The highest BCUT2D eigenvalue weighted by atomic mass is 79.9. The van der Waals surface area contributed by atoms with Gasteiger partial charge >= 0.3 is 23.0 Å². The minimum Gasteiger partial charge on any atom is -0.387 e. The van der Waals surface area contributed by atoms with Crippen molar-refractivity contribution in [3.8, 4) is 0 Å². The van der Waals surface area contributed by atoms with E-state index in [-0.39, 0.29) is 5.65 Å². The molecule has 2 unspecified atom stereocenters. The van der Waals surface area contributed by atoms with Crippen LogP contribution in [0.3, 0.4) is 0 Å². The van der Waals surface area contributed by atoms with Gasteiger partial charge in [-0.1, -0.05) is 0 Å². The first-order valence-corrected chi connectivity index (χ1v) is 16.6. The van der Waals surface area contributed by atoms with E-state index in [9.17, 15) is 43.5 Å². The summed E-state index contributed by atoms with van der Waals surface area (Å²) in [5, 5.41) is 21.0. The topological polar surface area (TPSA) is 247 Å². The van der Waals surface area contributed by atoms with E-state index in [1.54, 1.807) is 0 Å². The molecule has 0 saturated carbocycles. The molecule has 37 heavy (non-hydrogen) atoms. The zero-order valence-electron chi connectivity index (χ0n) is 19.1. The van der Waals surface area contributed by atoms with E-state index in [2.05, 4.69) is 55.6 Å². The molecule has 0 bridgehead atoms. The first-order valence-electron chi connectivity index (χ1n) is 10.4. The van der Waals surface area contributed by atoms with Gasteiger partial charge < -0.3 is 39.4 Å². The molecule has 1 aliphatic heterocycles. The molecular formula is C15H24Br2N5O12P3. The maximum atomic E-state index is 12.2. The molecule has 3 rings (SSSR count). The average Bonchev–Trinajstić information content (AvgIpc) is 3.33. The lowest BCUT2D eigenvalue weighted by atomic mass is 10.1. The van der Waals surface area contributed by atoms with Gasteiger partial charge in [-0.2, -0.15) is 0 Å². The summed E-state index contributed by atoms with van der Waals surface area (Å²) in [7, 11) is -16.4. The Balaban J connectivity index is 1.77. The van der Waals surface area contributed by atoms with Gasteiger partial charge in [0, 0.05) is 13.1 Å². The van der Waals surface area contributed by atoms with Crippen LogP contribution in [0.2, 0.25) is 0 Å². The summed E-state index contributed by atoms with van der Waals surface area (Å²) in [6, 6.07) is 0. The van der Waals surface area contributed by atoms with Crippen molar-refractivity contribution in [2.75, 3.05) is 24.6 Å². The maximum absolute atomic E-state index is 12.2. The average molecular weight is 719 g/mol. The van der Waals surface area contributed by atoms with Crippen molar-refractivity contribution in [3.63, 3.8) is 0 Å². The predicted octanol–water partition coefficient (Wildman–Crippen LogP) is 1.19. The molecule has 22 heteroatoms. The Morgan fingerprint density at radius 2 is 1.70 bits per heavy atom. The van der Waals surface area contributed by atoms with Gasteiger partial charge in [0.25, 0.3) is 2.72 Å². The third kappa shape index (κ3) is 6.20. The van der Waals surface area contributed by atoms with E-state index in [0.29, 0.717) is 24.4 Å². The Morgan fingerprint density at radius 1 is 1.08 bits per heavy atom. The third-order valence-electron chi connectivity index (χ3n) is 5.32. The number of nitrogens with zero attached hydrogens (tertiary/aromatic N) is 5. The van der Waals surface area contributed by atoms with Gasteiger partial charge in [-0.05, 0) is 45.7 Å². The van der Waals surface area contributed by atoms with Crippen molar-refractivity contribution in [3.05, 3.63) is 12.7 Å². The number of halogens is 2. The summed E-state index contributed by atoms with van der Waals surface area (Å²) in [6.45, 7) is 4.21. The molecule has 1 fully saturated rings. The summed E-state index contributed by atoms with van der Waals surface area (Å²) in [6.07, 6.45) is -3.33. The van der Waals surface area contributed by atoms with E-state index in [0.717, 1.165) is 0 Å². The largest absolute Gasteiger partial charge is 0.479 e. The Hall–Kier alpha value is -0.360. The molecule has 0 radical (unpaired) electrons. The fourth-order valence-corrected chi connectivity index (χ4v) is 8.27. The Bertz CT molecular complexity index is 1270. The molecule has 0 amide bonds. The molecule has 0 aromatic carbocycles. The van der Waals surface area contributed by atoms with E-state index in [1.165, 1.54) is 17.2 Å². The number of rotatable bonds is 11. The highest BCUT2D eigenvalue weighted by molar-refractivity contribution is 9.29. The van der Waals surface area contributed by atoms with Crippen molar-refractivity contribution < 1.29 is 57.1 Å². The van der Waals surface area contributed by atoms with Gasteiger partial charge in [0.05, 0.1) is 12.9 Å². The second-order valence-corrected chi connectivity index (χ2v) is 19.2. The molecule has 1 saturated heterocycles. The van der Waals surface area contributed by atoms with Gasteiger partial charge in [-0.25, -0.2) is 23.8 Å². The van der Waals surface area contributed by atoms with Crippen LogP contribution in [-0.2, 0) is 27.3 Å². The number of alkyl halides is 2. The first-order chi connectivity index (χ1) is 17.0. The molecule has 2 aromatic rings. The number of hydrogen-bond acceptors (Lipinski definition) is 12. The number of phosphoric acid groups is 1. The van der Waals surface area contributed by atoms with Crippen LogP contribution in [0.15, 0.2) is 12.7 Å². The van der Waals surface area contributed by atoms with Crippen molar-refractivity contribution >= 4 is 71.9 Å². The molecule has 2 aromatic heterocycles. The van der Waals surface area contributed by atoms with Crippen molar-refractivity contribution in [2.24, 2.45) is 0 Å². The highest BCUT2D eigenvalue weighted by Gasteiger charge is 2.61. The summed E-state index contributed by atoms with van der Waals surface area (Å²) in [5.41, 5.74) is 0.678. The van der Waals surface area contributed by atoms with Crippen LogP contribution in [0.4, 0.5) is 5.82 Å². The van der Waals surface area contributed by atoms with Crippen molar-refractivity contribution in [1.82, 2.24) is 19.5 Å². The van der Waals surface area contributed by atoms with Crippen molar-refractivity contribution in [2.45, 2.75) is 41.1 Å². The van der Waals surface area contributed by atoms with Crippen LogP contribution in [-0.4, -0.2) is 90.0 Å². The smallest absolute Gasteiger partial charge is 0.387 e. The molecule has 6 atom stereocenters. The molecule has 3 heterocycles. The number of aromatic nitrogens is 4. The summed E-state index contributed by atoms with van der Waals surface area (Å²) in [4.78, 5) is 52.8. The quantitative estimate of drug-likeness (QED) is 0.141. The minimum atomic E-state index is -5.58. The van der Waals surface area contributed by atoms with E-state index >= 15 is 0 Å². The van der Waals surface area contributed by atoms with Gasteiger partial charge in [0.15, 0.2) is 23.2 Å². The number of anilines is 1. The lowest BCUT2D eigenvalue weighted by Gasteiger charge is -2.27. The maximum Gasteiger partial charge on any atom is 0.479 e. The Labute approximate surface area is 226 Å². The fraction of sp³-hybridized carbons (Fsp3) is 0.667. The number of imidazole rings is 1. The predicted molar refractivity (Wildman–Crippen MR) is 134 cm³/mol. The van der Waals surface area contributed by atoms with E-state index < -0.39 is 56.9 Å². The monoisotopic (exact) mass is 717 g/mol. The lowest BCUT2D eigenvalue weighted by molar-refractivity contribution is -0.0501. The van der Waals surface area contributed by atoms with Gasteiger partial charge in [0.1, 0.15) is 24.6 Å². The number of aliphatic hydroxyl groups excluding tert-OH is 2. The zero-order chi connectivity index (χ0) is 28.0. The van der Waals surface area contributed by atoms with Gasteiger partial charge in [-0.3, -0.25) is 18.2 Å². The highest BCUT2D eigenvalue weighted by Crippen LogP contribution is 2.81. The zero-order valence-corrected chi connectivity index (χ0v) is 24.9. The molecule has 0 spiro atoms. The SMILES string of the molecule is CCN(CC)c1ncnc2c1ncn2[C@@H]1O[C@H](COP(=O)(O)OP(=O)(O)C(Br)(Br)P(=O)(O)O)[C@H](O)[C@H]1O. The van der Waals surface area contributed by atoms with Crippen LogP contribution in [0, 0.1) is 0 Å². The van der Waals surface area contributed by atoms with E-state index in [4.69, 9.17) is 4.74 Å². The number of ether oxygens (including phenoxy) is 1. The van der Waals surface area contributed by atoms with Crippen LogP contribution < -0.4 is 4.90 Å². The van der Waals surface area contributed by atoms with Gasteiger partial charge in [0.2, 0.25) is 0 Å². The number of phosphoric ester groups is 1. The fourth-order valence-electron chi connectivity index (χ4n) is 3.42. The Morgan fingerprint density at radius 3 is 2.27 bits per heavy atom. The number of aliphatic hydroxyl groups is 2. The molecule has 210 valence electrons. The lowest BCUT2D eigenvalue weighted by Crippen LogP contribution is -2.33. The summed E-state index contributed by atoms with van der Waals surface area (Å²) >= 11 is 4.58. The minimum absolute atomic E-state index is 0.274. The summed E-state index contributed by atoms with van der Waals surface area (Å²) in [5.74, 6) is 0.540. The number of fused-ring (bicyclic) bond motifs is 1. The van der Waals surface area contributed by atoms with Crippen LogP contribution in [0.25, 0.3) is 11.2 Å². The van der Waals surface area contributed by atoms with Crippen LogP contribution in [0.5, 0.6) is 0 Å². The second-order valence-electron chi connectivity index (χ2n) is 7.66. The van der Waals surface area contributed by atoms with E-state index in [1.807, 2.05) is 18.7 Å². The van der Waals surface area contributed by atoms with Gasteiger partial charge in [-0.15, -0.1) is 0 Å². The molecule has 17 nitrogen and oxygen atoms in total. The second kappa shape index (κ2) is 11.3. The van der Waals surface area contributed by atoms with Crippen molar-refractivity contribution in [1.29, 1.82) is 0 Å². The standard InChI is InChI=1S/C15H24Br2N5O12P3/c1-3-21(4-2)12-9-13(19-6-18-12)22(7-20-9)14-11(24)10(23)8(33-14)5-32-37(30,31)34-36(28,29)15(16,17)35(25,26)27/h6-8,10-11,14,23-24H,3-5H2,1-2H3,(H,28,29)(H,30,31)(H2,25,26,27)/t8-,10+,11-,14-/m1/s1. The normalized spacial score (nSPS) is 26.2. The number of hydrogen-bond donors (Lipinski definition) is 6. The van der Waals surface area contributed by atoms with Crippen LogP contribution in [0.1, 0.15) is 20.1 Å². The molecule has 0 aliphatic carbocycles. The molecular weight excluding hydrogens is 695 g/mol. The first kappa shape index (κ1) is 31.2.